The summed E-state index contributed by atoms with van der Waals surface area (Å²) < 4.78 is 20.1. The maximum Gasteiger partial charge on any atom is 0.335 e. The number of carboxylic acid groups (broad SMARTS) is 1. The Morgan fingerprint density at radius 2 is 2.00 bits per heavy atom. The van der Waals surface area contributed by atoms with Crippen LogP contribution in [0.1, 0.15) is 39.3 Å². The number of halogens is 2. The van der Waals surface area contributed by atoms with Gasteiger partial charge in [-0.3, -0.25) is 4.79 Å². The lowest BCUT2D eigenvalue weighted by Crippen LogP contribution is -2.48. The van der Waals surface area contributed by atoms with E-state index >= 15 is 0 Å². The fourth-order valence-electron chi connectivity index (χ4n) is 2.94. The van der Waals surface area contributed by atoms with E-state index in [2.05, 4.69) is 0 Å². The van der Waals surface area contributed by atoms with Crippen LogP contribution in [0.4, 0.5) is 4.39 Å². The summed E-state index contributed by atoms with van der Waals surface area (Å²) in [5.41, 5.74) is 0.394. The number of carbonyl (C=O) groups excluding carboxylic acids is 1. The average Bonchev–Trinajstić information content (AvgIpc) is 2.62. The molecule has 1 aliphatic rings. The number of aromatic carboxylic acids is 1. The van der Waals surface area contributed by atoms with Crippen LogP contribution in [0.2, 0.25) is 5.02 Å². The van der Waals surface area contributed by atoms with Crippen LogP contribution in [0.3, 0.4) is 0 Å². The highest BCUT2D eigenvalue weighted by Crippen LogP contribution is 2.31. The minimum Gasteiger partial charge on any atom is -0.478 e. The molecule has 0 radical (unpaired) electrons. The molecule has 2 atom stereocenters. The van der Waals surface area contributed by atoms with Gasteiger partial charge in [-0.15, -0.1) is 0 Å². The highest BCUT2D eigenvalue weighted by atomic mass is 35.5. The third-order valence-electron chi connectivity index (χ3n) is 4.39. The van der Waals surface area contributed by atoms with Crippen molar-refractivity contribution in [1.29, 1.82) is 0 Å². The van der Waals surface area contributed by atoms with Gasteiger partial charge in [0.25, 0.3) is 5.91 Å². The van der Waals surface area contributed by atoms with Crippen molar-refractivity contribution >= 4 is 23.5 Å². The molecular weight excluding hydrogens is 361 g/mol. The van der Waals surface area contributed by atoms with Crippen LogP contribution < -0.4 is 0 Å². The lowest BCUT2D eigenvalue weighted by atomic mass is 10.0. The van der Waals surface area contributed by atoms with E-state index in [9.17, 15) is 14.0 Å². The van der Waals surface area contributed by atoms with E-state index in [1.807, 2.05) is 19.1 Å². The molecule has 0 bridgehead atoms. The minimum absolute atomic E-state index is 0.165. The molecule has 0 aromatic heterocycles. The Labute approximate surface area is 154 Å². The maximum absolute atomic E-state index is 14.3. The molecule has 0 aliphatic carbocycles. The molecule has 1 N–H and O–H groups in total. The van der Waals surface area contributed by atoms with Gasteiger partial charge in [0, 0.05) is 10.6 Å². The summed E-state index contributed by atoms with van der Waals surface area (Å²) in [5, 5.41) is 9.46. The molecule has 3 rings (SSSR count). The van der Waals surface area contributed by atoms with E-state index in [1.54, 1.807) is 12.1 Å². The van der Waals surface area contributed by atoms with E-state index in [0.29, 0.717) is 5.02 Å². The molecule has 1 amide bonds. The van der Waals surface area contributed by atoms with Crippen molar-refractivity contribution in [2.24, 2.45) is 0 Å². The third-order valence-corrected chi connectivity index (χ3v) is 4.74. The van der Waals surface area contributed by atoms with Crippen molar-refractivity contribution in [2.75, 3.05) is 13.2 Å². The zero-order valence-corrected chi connectivity index (χ0v) is 14.7. The number of amides is 1. The predicted molar refractivity (Wildman–Crippen MR) is 94.0 cm³/mol. The van der Waals surface area contributed by atoms with E-state index < -0.39 is 23.8 Å². The molecule has 1 fully saturated rings. The molecule has 5 nitrogen and oxygen atoms in total. The molecule has 1 saturated heterocycles. The third kappa shape index (κ3) is 3.57. The zero-order chi connectivity index (χ0) is 18.8. The van der Waals surface area contributed by atoms with E-state index in [-0.39, 0.29) is 30.3 Å². The first-order chi connectivity index (χ1) is 12.4. The Kier molecular flexibility index (Phi) is 5.25. The second-order valence-corrected chi connectivity index (χ2v) is 6.56. The Hall–Kier alpha value is -2.44. The molecule has 2 aromatic carbocycles. The van der Waals surface area contributed by atoms with E-state index in [1.165, 1.54) is 17.0 Å². The Bertz CT molecular complexity index is 857. The molecule has 1 heterocycles. The number of nitrogens with zero attached hydrogens (tertiary/aromatic N) is 1. The van der Waals surface area contributed by atoms with Crippen molar-refractivity contribution in [2.45, 2.75) is 19.1 Å². The van der Waals surface area contributed by atoms with Gasteiger partial charge in [0.1, 0.15) is 11.9 Å². The first-order valence-corrected chi connectivity index (χ1v) is 8.46. The van der Waals surface area contributed by atoms with Gasteiger partial charge in [0.15, 0.2) is 0 Å². The first kappa shape index (κ1) is 18.4. The number of hydrogen-bond acceptors (Lipinski definition) is 3. The van der Waals surface area contributed by atoms with Crippen LogP contribution >= 0.6 is 11.6 Å². The van der Waals surface area contributed by atoms with Gasteiger partial charge >= 0.3 is 5.97 Å². The highest BCUT2D eigenvalue weighted by molar-refractivity contribution is 6.31. The van der Waals surface area contributed by atoms with Crippen molar-refractivity contribution in [3.8, 4) is 0 Å². The van der Waals surface area contributed by atoms with Crippen LogP contribution in [0.25, 0.3) is 0 Å². The van der Waals surface area contributed by atoms with Crippen molar-refractivity contribution in [3.05, 3.63) is 70.0 Å². The highest BCUT2D eigenvalue weighted by Gasteiger charge is 2.33. The Morgan fingerprint density at radius 1 is 1.27 bits per heavy atom. The normalized spacial score (nSPS) is 20.0. The standard InChI is InChI=1S/C19H17ClFNO4/c1-11-10-26-17(13-4-2-3-5-15(13)20)9-22(11)18(23)14-7-6-12(19(24)25)8-16(14)21/h2-8,11,17H,9-10H2,1H3,(H,24,25). The summed E-state index contributed by atoms with van der Waals surface area (Å²) in [6.07, 6.45) is -0.412. The molecule has 136 valence electrons. The summed E-state index contributed by atoms with van der Waals surface area (Å²) in [5.74, 6) is -2.61. The lowest BCUT2D eigenvalue weighted by molar-refractivity contribution is -0.0487. The van der Waals surface area contributed by atoms with Crippen LogP contribution in [0.5, 0.6) is 0 Å². The summed E-state index contributed by atoms with van der Waals surface area (Å²) >= 11 is 6.21. The van der Waals surface area contributed by atoms with Crippen molar-refractivity contribution in [1.82, 2.24) is 4.90 Å². The van der Waals surface area contributed by atoms with Crippen molar-refractivity contribution in [3.63, 3.8) is 0 Å². The number of benzene rings is 2. The zero-order valence-electron chi connectivity index (χ0n) is 14.0. The quantitative estimate of drug-likeness (QED) is 0.884. The second-order valence-electron chi connectivity index (χ2n) is 6.15. The molecule has 2 aromatic rings. The average molecular weight is 378 g/mol. The van der Waals surface area contributed by atoms with Gasteiger partial charge in [-0.1, -0.05) is 29.8 Å². The Balaban J connectivity index is 1.86. The summed E-state index contributed by atoms with van der Waals surface area (Å²) in [7, 11) is 0. The fourth-order valence-corrected chi connectivity index (χ4v) is 3.20. The van der Waals surface area contributed by atoms with Crippen LogP contribution in [0.15, 0.2) is 42.5 Å². The largest absolute Gasteiger partial charge is 0.478 e. The summed E-state index contributed by atoms with van der Waals surface area (Å²) in [4.78, 5) is 25.3. The second kappa shape index (κ2) is 7.43. The van der Waals surface area contributed by atoms with Gasteiger partial charge in [-0.05, 0) is 31.2 Å². The van der Waals surface area contributed by atoms with E-state index in [0.717, 1.165) is 11.6 Å². The van der Waals surface area contributed by atoms with Gasteiger partial charge in [0.05, 0.1) is 30.3 Å². The van der Waals surface area contributed by atoms with Gasteiger partial charge < -0.3 is 14.7 Å². The van der Waals surface area contributed by atoms with Gasteiger partial charge in [-0.25, -0.2) is 9.18 Å². The van der Waals surface area contributed by atoms with Crippen LogP contribution in [0, 0.1) is 5.82 Å². The number of carboxylic acids is 1. The van der Waals surface area contributed by atoms with Gasteiger partial charge in [-0.2, -0.15) is 0 Å². The maximum atomic E-state index is 14.3. The summed E-state index contributed by atoms with van der Waals surface area (Å²) in [6.45, 7) is 2.32. The lowest BCUT2D eigenvalue weighted by Gasteiger charge is -2.38. The van der Waals surface area contributed by atoms with Crippen molar-refractivity contribution < 1.29 is 23.8 Å². The molecule has 7 heteroatoms. The molecule has 0 spiro atoms. The van der Waals surface area contributed by atoms with Crippen LogP contribution in [-0.4, -0.2) is 41.1 Å². The fraction of sp³-hybridized carbons (Fsp3) is 0.263. The molecule has 2 unspecified atom stereocenters. The van der Waals surface area contributed by atoms with E-state index in [4.69, 9.17) is 21.4 Å². The predicted octanol–water partition coefficient (Wildman–Crippen LogP) is 3.78. The first-order valence-electron chi connectivity index (χ1n) is 8.08. The minimum atomic E-state index is -1.25. The molecule has 1 aliphatic heterocycles. The topological polar surface area (TPSA) is 66.8 Å². The number of carbonyl (C=O) groups is 2. The molecule has 0 saturated carbocycles. The SMILES string of the molecule is CC1COC(c2ccccc2Cl)CN1C(=O)c1ccc(C(=O)O)cc1F. The van der Waals surface area contributed by atoms with Gasteiger partial charge in [0.2, 0.25) is 0 Å². The number of rotatable bonds is 3. The Morgan fingerprint density at radius 3 is 2.65 bits per heavy atom. The number of hydrogen-bond donors (Lipinski definition) is 1. The molecule has 26 heavy (non-hydrogen) atoms. The van der Waals surface area contributed by atoms with Crippen LogP contribution in [-0.2, 0) is 4.74 Å². The summed E-state index contributed by atoms with van der Waals surface area (Å²) in [6, 6.07) is 10.2. The smallest absolute Gasteiger partial charge is 0.335 e. The number of morpholine rings is 1. The monoisotopic (exact) mass is 377 g/mol. The number of ether oxygens (including phenoxy) is 1. The molecular formula is C19H17ClFNO4.